The van der Waals surface area contributed by atoms with Gasteiger partial charge in [0.2, 0.25) is 0 Å². The molecule has 0 unspecified atom stereocenters. The second kappa shape index (κ2) is 8.48. The summed E-state index contributed by atoms with van der Waals surface area (Å²) >= 11 is 3.68. The maximum atomic E-state index is 11.7. The lowest BCUT2D eigenvalue weighted by atomic mass is 9.87. The van der Waals surface area contributed by atoms with Crippen molar-refractivity contribution < 1.29 is 9.53 Å². The van der Waals surface area contributed by atoms with Gasteiger partial charge < -0.3 is 4.74 Å². The Morgan fingerprint density at radius 1 is 1.17 bits per heavy atom. The number of halogens is 1. The minimum absolute atomic E-state index is 0.0518. The van der Waals surface area contributed by atoms with Crippen molar-refractivity contribution in [3.05, 3.63) is 33.3 Å². The van der Waals surface area contributed by atoms with E-state index < -0.39 is 0 Å². The molecule has 1 fully saturated rings. The summed E-state index contributed by atoms with van der Waals surface area (Å²) < 4.78 is 6.06. The van der Waals surface area contributed by atoms with Gasteiger partial charge >= 0.3 is 5.97 Å². The standard InChI is InChI=1S/C20H30BrNO2/c1-13(2)17-10-16(21)11-18(14(3)4)19(17)12-22-8-6-15(7-9-22)20(23)24-5/h10-11,13-15H,6-9,12H2,1-5H3. The molecule has 0 N–H and O–H groups in total. The Kier molecular flexibility index (Phi) is 6.88. The molecule has 1 aromatic rings. The number of rotatable bonds is 5. The maximum Gasteiger partial charge on any atom is 0.308 e. The zero-order chi connectivity index (χ0) is 17.9. The van der Waals surface area contributed by atoms with E-state index in [9.17, 15) is 4.79 Å². The van der Waals surface area contributed by atoms with Crippen molar-refractivity contribution in [1.29, 1.82) is 0 Å². The van der Waals surface area contributed by atoms with Gasteiger partial charge in [0.1, 0.15) is 0 Å². The zero-order valence-corrected chi connectivity index (χ0v) is 17.1. The molecule has 3 nitrogen and oxygen atoms in total. The van der Waals surface area contributed by atoms with Gasteiger partial charge in [-0.3, -0.25) is 9.69 Å². The Morgan fingerprint density at radius 2 is 1.67 bits per heavy atom. The van der Waals surface area contributed by atoms with E-state index in [0.29, 0.717) is 11.8 Å². The average Bonchev–Trinajstić information content (AvgIpc) is 2.55. The second-order valence-corrected chi connectivity index (χ2v) is 8.36. The first-order valence-electron chi connectivity index (χ1n) is 8.95. The van der Waals surface area contributed by atoms with Gasteiger partial charge in [0.15, 0.2) is 0 Å². The van der Waals surface area contributed by atoms with Gasteiger partial charge in [-0.1, -0.05) is 43.6 Å². The lowest BCUT2D eigenvalue weighted by molar-refractivity contribution is -0.147. The number of ether oxygens (including phenoxy) is 1. The van der Waals surface area contributed by atoms with Crippen LogP contribution in [0.1, 0.15) is 69.1 Å². The molecule has 1 aliphatic rings. The van der Waals surface area contributed by atoms with Gasteiger partial charge in [0.25, 0.3) is 0 Å². The van der Waals surface area contributed by atoms with Crippen LogP contribution in [0.25, 0.3) is 0 Å². The molecule has 0 atom stereocenters. The molecule has 0 aliphatic carbocycles. The molecule has 0 saturated carbocycles. The van der Waals surface area contributed by atoms with Crippen LogP contribution in [0.5, 0.6) is 0 Å². The topological polar surface area (TPSA) is 29.5 Å². The average molecular weight is 396 g/mol. The van der Waals surface area contributed by atoms with Crippen LogP contribution in [0, 0.1) is 5.92 Å². The van der Waals surface area contributed by atoms with Crippen molar-refractivity contribution in [2.24, 2.45) is 5.92 Å². The molecule has 2 rings (SSSR count). The summed E-state index contributed by atoms with van der Waals surface area (Å²) in [5, 5.41) is 0. The van der Waals surface area contributed by atoms with Crippen molar-refractivity contribution in [1.82, 2.24) is 4.90 Å². The van der Waals surface area contributed by atoms with Crippen LogP contribution < -0.4 is 0 Å². The Labute approximate surface area is 154 Å². The van der Waals surface area contributed by atoms with Gasteiger partial charge in [-0.05, 0) is 66.6 Å². The fourth-order valence-electron chi connectivity index (χ4n) is 3.61. The lowest BCUT2D eigenvalue weighted by Crippen LogP contribution is -2.36. The van der Waals surface area contributed by atoms with Gasteiger partial charge in [-0.15, -0.1) is 0 Å². The monoisotopic (exact) mass is 395 g/mol. The molecule has 0 spiro atoms. The first-order valence-corrected chi connectivity index (χ1v) is 9.75. The highest BCUT2D eigenvalue weighted by atomic mass is 79.9. The van der Waals surface area contributed by atoms with E-state index in [-0.39, 0.29) is 11.9 Å². The maximum absolute atomic E-state index is 11.7. The number of hydrogen-bond donors (Lipinski definition) is 0. The molecular weight excluding hydrogens is 366 g/mol. The summed E-state index contributed by atoms with van der Waals surface area (Å²) in [5.74, 6) is 1.03. The number of carbonyl (C=O) groups excluding carboxylic acids is 1. The zero-order valence-electron chi connectivity index (χ0n) is 15.6. The summed E-state index contributed by atoms with van der Waals surface area (Å²) in [6.07, 6.45) is 1.80. The third kappa shape index (κ3) is 4.60. The lowest BCUT2D eigenvalue weighted by Gasteiger charge is -2.32. The first-order chi connectivity index (χ1) is 11.3. The number of likely N-dealkylation sites (tertiary alicyclic amines) is 1. The Morgan fingerprint density at radius 3 is 2.08 bits per heavy atom. The fourth-order valence-corrected chi connectivity index (χ4v) is 4.10. The van der Waals surface area contributed by atoms with Crippen LogP contribution in [0.2, 0.25) is 0 Å². The number of carbonyl (C=O) groups is 1. The van der Waals surface area contributed by atoms with E-state index in [1.54, 1.807) is 0 Å². The number of esters is 1. The molecule has 0 amide bonds. The highest BCUT2D eigenvalue weighted by Crippen LogP contribution is 2.33. The smallest absolute Gasteiger partial charge is 0.308 e. The summed E-state index contributed by atoms with van der Waals surface area (Å²) in [7, 11) is 1.49. The quantitative estimate of drug-likeness (QED) is 0.650. The van der Waals surface area contributed by atoms with Crippen LogP contribution in [0.4, 0.5) is 0 Å². The SMILES string of the molecule is COC(=O)C1CCN(Cc2c(C(C)C)cc(Br)cc2C(C)C)CC1. The molecule has 0 aromatic heterocycles. The van der Waals surface area contributed by atoms with Crippen molar-refractivity contribution in [3.63, 3.8) is 0 Å². The molecule has 0 radical (unpaired) electrons. The fraction of sp³-hybridized carbons (Fsp3) is 0.650. The molecule has 134 valence electrons. The molecule has 24 heavy (non-hydrogen) atoms. The highest BCUT2D eigenvalue weighted by molar-refractivity contribution is 9.10. The van der Waals surface area contributed by atoms with Crippen LogP contribution in [0.15, 0.2) is 16.6 Å². The van der Waals surface area contributed by atoms with Crippen LogP contribution in [-0.4, -0.2) is 31.1 Å². The summed E-state index contributed by atoms with van der Waals surface area (Å²) in [4.78, 5) is 14.2. The van der Waals surface area contributed by atoms with E-state index in [1.807, 2.05) is 0 Å². The van der Waals surface area contributed by atoms with Crippen molar-refractivity contribution in [2.45, 2.75) is 58.9 Å². The van der Waals surface area contributed by atoms with E-state index in [2.05, 4.69) is 60.7 Å². The third-order valence-corrected chi connectivity index (χ3v) is 5.49. The largest absolute Gasteiger partial charge is 0.469 e. The minimum Gasteiger partial charge on any atom is -0.469 e. The van der Waals surface area contributed by atoms with E-state index in [1.165, 1.54) is 28.3 Å². The summed E-state index contributed by atoms with van der Waals surface area (Å²) in [6.45, 7) is 12.0. The van der Waals surface area contributed by atoms with Crippen molar-refractivity contribution in [3.8, 4) is 0 Å². The number of benzene rings is 1. The van der Waals surface area contributed by atoms with Crippen LogP contribution in [-0.2, 0) is 16.1 Å². The van der Waals surface area contributed by atoms with E-state index in [0.717, 1.165) is 32.5 Å². The van der Waals surface area contributed by atoms with Crippen molar-refractivity contribution >= 4 is 21.9 Å². The summed E-state index contributed by atoms with van der Waals surface area (Å²) in [5.41, 5.74) is 4.34. The number of hydrogen-bond acceptors (Lipinski definition) is 3. The van der Waals surface area contributed by atoms with Gasteiger partial charge in [-0.2, -0.15) is 0 Å². The predicted octanol–water partition coefficient (Wildman–Crippen LogP) is 5.08. The van der Waals surface area contributed by atoms with Crippen LogP contribution >= 0.6 is 15.9 Å². The molecule has 1 heterocycles. The van der Waals surface area contributed by atoms with E-state index in [4.69, 9.17) is 4.74 Å². The molecule has 1 aromatic carbocycles. The molecule has 1 aliphatic heterocycles. The Hall–Kier alpha value is -0.870. The first kappa shape index (κ1) is 19.5. The van der Waals surface area contributed by atoms with Crippen LogP contribution in [0.3, 0.4) is 0 Å². The third-order valence-electron chi connectivity index (χ3n) is 5.03. The highest BCUT2D eigenvalue weighted by Gasteiger charge is 2.26. The Balaban J connectivity index is 2.19. The second-order valence-electron chi connectivity index (χ2n) is 7.45. The van der Waals surface area contributed by atoms with E-state index >= 15 is 0 Å². The normalized spacial score (nSPS) is 16.8. The number of piperidine rings is 1. The number of methoxy groups -OCH3 is 1. The minimum atomic E-state index is -0.0518. The predicted molar refractivity (Wildman–Crippen MR) is 102 cm³/mol. The molecular formula is C20H30BrNO2. The van der Waals surface area contributed by atoms with Crippen molar-refractivity contribution in [2.75, 3.05) is 20.2 Å². The molecule has 4 heteroatoms. The van der Waals surface area contributed by atoms with Gasteiger partial charge in [0, 0.05) is 11.0 Å². The number of nitrogens with zero attached hydrogens (tertiary/aromatic N) is 1. The summed E-state index contributed by atoms with van der Waals surface area (Å²) in [6, 6.07) is 4.54. The van der Waals surface area contributed by atoms with Gasteiger partial charge in [0.05, 0.1) is 13.0 Å². The Bertz CT molecular complexity index is 546. The molecule has 0 bridgehead atoms. The van der Waals surface area contributed by atoms with Gasteiger partial charge in [-0.25, -0.2) is 0 Å². The molecule has 1 saturated heterocycles.